The molecule has 7 nitrogen and oxygen atoms in total. The van der Waals surface area contributed by atoms with Crippen molar-refractivity contribution in [3.8, 4) is 0 Å². The van der Waals surface area contributed by atoms with Crippen molar-refractivity contribution in [2.45, 2.75) is 115 Å². The lowest BCUT2D eigenvalue weighted by Gasteiger charge is -2.51. The highest BCUT2D eigenvalue weighted by Gasteiger charge is 2.46. The molecule has 2 saturated heterocycles. The van der Waals surface area contributed by atoms with Gasteiger partial charge < -0.3 is 25.6 Å². The maximum atomic E-state index is 13.7. The Kier molecular flexibility index (Phi) is 9.51. The summed E-state index contributed by atoms with van der Waals surface area (Å²) < 4.78 is 13.5. The average molecular weight is 564 g/mol. The van der Waals surface area contributed by atoms with Gasteiger partial charge in [-0.1, -0.05) is 68.3 Å². The van der Waals surface area contributed by atoms with Crippen molar-refractivity contribution in [1.82, 2.24) is 10.2 Å². The molecule has 1 amide bonds. The lowest BCUT2D eigenvalue weighted by molar-refractivity contribution is -0.278. The monoisotopic (exact) mass is 563 g/mol. The van der Waals surface area contributed by atoms with Gasteiger partial charge in [0, 0.05) is 36.2 Å². The Hall–Kier alpha value is -2.29. The number of rotatable bonds is 7. The van der Waals surface area contributed by atoms with E-state index < -0.39 is 6.29 Å². The first-order valence-corrected chi connectivity index (χ1v) is 15.5. The smallest absolute Gasteiger partial charge is 0.237 e. The molecule has 41 heavy (non-hydrogen) atoms. The summed E-state index contributed by atoms with van der Waals surface area (Å²) in [7, 11) is 0. The molecule has 3 fully saturated rings. The van der Waals surface area contributed by atoms with Crippen LogP contribution in [0.15, 0.2) is 48.5 Å². The number of hydrogen-bond acceptors (Lipinski definition) is 6. The number of amides is 1. The first-order chi connectivity index (χ1) is 19.7. The SMILES string of the molecule is CC1C(CN2C(C(=O)NC(C)(C)C)CCC3CCCCC32)OC(c2ccc(CN)cc2)OC1c1ccc(CO)cc1. The van der Waals surface area contributed by atoms with E-state index in [0.29, 0.717) is 25.0 Å². The van der Waals surface area contributed by atoms with Gasteiger partial charge in [-0.2, -0.15) is 0 Å². The number of nitrogens with zero attached hydrogens (tertiary/aromatic N) is 1. The van der Waals surface area contributed by atoms with Gasteiger partial charge in [0.1, 0.15) is 0 Å². The number of nitrogens with one attached hydrogen (secondary N) is 1. The Bertz CT molecular complexity index is 1150. The van der Waals surface area contributed by atoms with Gasteiger partial charge in [0.15, 0.2) is 6.29 Å². The van der Waals surface area contributed by atoms with Crippen LogP contribution in [0, 0.1) is 11.8 Å². The van der Waals surface area contributed by atoms with E-state index >= 15 is 0 Å². The largest absolute Gasteiger partial charge is 0.392 e. The second-order valence-corrected chi connectivity index (χ2v) is 13.4. The number of aliphatic hydroxyl groups excluding tert-OH is 1. The number of fused-ring (bicyclic) bond motifs is 1. The van der Waals surface area contributed by atoms with Crippen LogP contribution in [0.25, 0.3) is 0 Å². The van der Waals surface area contributed by atoms with Crippen LogP contribution in [0.3, 0.4) is 0 Å². The van der Waals surface area contributed by atoms with E-state index in [1.165, 1.54) is 19.3 Å². The second-order valence-electron chi connectivity index (χ2n) is 13.4. The summed E-state index contributed by atoms with van der Waals surface area (Å²) in [5, 5.41) is 12.9. The van der Waals surface area contributed by atoms with Crippen molar-refractivity contribution >= 4 is 5.91 Å². The number of carbonyl (C=O) groups excluding carboxylic acids is 1. The van der Waals surface area contributed by atoms with Crippen molar-refractivity contribution < 1.29 is 19.4 Å². The number of hydrogen-bond donors (Lipinski definition) is 3. The fraction of sp³-hybridized carbons (Fsp3) is 0.618. The van der Waals surface area contributed by atoms with Crippen LogP contribution >= 0.6 is 0 Å². The summed E-state index contributed by atoms with van der Waals surface area (Å²) >= 11 is 0. The fourth-order valence-corrected chi connectivity index (χ4v) is 7.07. The second kappa shape index (κ2) is 12.9. The van der Waals surface area contributed by atoms with Gasteiger partial charge in [0.05, 0.1) is 24.9 Å². The lowest BCUT2D eigenvalue weighted by atomic mass is 9.75. The van der Waals surface area contributed by atoms with Crippen LogP contribution in [-0.4, -0.2) is 46.2 Å². The molecule has 5 rings (SSSR count). The average Bonchev–Trinajstić information content (AvgIpc) is 2.97. The maximum Gasteiger partial charge on any atom is 0.237 e. The predicted molar refractivity (Wildman–Crippen MR) is 161 cm³/mol. The van der Waals surface area contributed by atoms with Crippen LogP contribution in [0.4, 0.5) is 0 Å². The molecular weight excluding hydrogens is 514 g/mol. The number of piperidine rings is 1. The van der Waals surface area contributed by atoms with Crippen LogP contribution in [-0.2, 0) is 27.4 Å². The van der Waals surface area contributed by atoms with Gasteiger partial charge in [0.25, 0.3) is 0 Å². The first kappa shape index (κ1) is 30.2. The van der Waals surface area contributed by atoms with Crippen LogP contribution in [0.2, 0.25) is 0 Å². The van der Waals surface area contributed by atoms with Crippen LogP contribution in [0.1, 0.15) is 101 Å². The number of aliphatic hydroxyl groups is 1. The summed E-state index contributed by atoms with van der Waals surface area (Å²) in [6.07, 6.45) is 6.04. The molecule has 224 valence electrons. The summed E-state index contributed by atoms with van der Waals surface area (Å²) in [5.41, 5.74) is 9.56. The molecule has 4 N–H and O–H groups in total. The lowest BCUT2D eigenvalue weighted by Crippen LogP contribution is -2.61. The zero-order valence-electron chi connectivity index (χ0n) is 25.2. The van der Waals surface area contributed by atoms with Crippen molar-refractivity contribution in [3.05, 3.63) is 70.8 Å². The Balaban J connectivity index is 1.46. The van der Waals surface area contributed by atoms with Crippen molar-refractivity contribution in [3.63, 3.8) is 0 Å². The van der Waals surface area contributed by atoms with Crippen LogP contribution in [0.5, 0.6) is 0 Å². The highest BCUT2D eigenvalue weighted by atomic mass is 16.7. The van der Waals surface area contributed by atoms with Crippen molar-refractivity contribution in [1.29, 1.82) is 0 Å². The summed E-state index contributed by atoms with van der Waals surface area (Å²) in [6.45, 7) is 9.56. The summed E-state index contributed by atoms with van der Waals surface area (Å²) in [5.74, 6) is 0.829. The minimum absolute atomic E-state index is 0.0126. The molecule has 0 radical (unpaired) electrons. The Morgan fingerprint density at radius 2 is 1.61 bits per heavy atom. The van der Waals surface area contributed by atoms with Crippen molar-refractivity contribution in [2.75, 3.05) is 6.54 Å². The molecule has 2 aromatic rings. The van der Waals surface area contributed by atoms with Crippen LogP contribution < -0.4 is 11.1 Å². The molecule has 2 heterocycles. The molecule has 0 bridgehead atoms. The van der Waals surface area contributed by atoms with E-state index in [1.807, 2.05) is 36.4 Å². The van der Waals surface area contributed by atoms with Gasteiger partial charge in [-0.05, 0) is 69.1 Å². The molecule has 2 aromatic carbocycles. The third-order valence-corrected chi connectivity index (χ3v) is 9.31. The van der Waals surface area contributed by atoms with Gasteiger partial charge in [-0.15, -0.1) is 0 Å². The summed E-state index contributed by atoms with van der Waals surface area (Å²) in [4.78, 5) is 16.2. The van der Waals surface area contributed by atoms with E-state index in [4.69, 9.17) is 15.2 Å². The molecule has 7 heteroatoms. The number of ether oxygens (including phenoxy) is 2. The molecule has 1 aliphatic carbocycles. The molecule has 1 saturated carbocycles. The molecule has 7 atom stereocenters. The van der Waals surface area contributed by atoms with Gasteiger partial charge >= 0.3 is 0 Å². The predicted octanol–water partition coefficient (Wildman–Crippen LogP) is 5.37. The quantitative estimate of drug-likeness (QED) is 0.419. The van der Waals surface area contributed by atoms with E-state index in [9.17, 15) is 9.90 Å². The first-order valence-electron chi connectivity index (χ1n) is 15.5. The normalized spacial score (nSPS) is 30.9. The number of benzene rings is 2. The Morgan fingerprint density at radius 3 is 2.27 bits per heavy atom. The van der Waals surface area contributed by atoms with E-state index in [-0.39, 0.29) is 42.2 Å². The molecule has 0 aromatic heterocycles. The fourth-order valence-electron chi connectivity index (χ4n) is 7.07. The highest BCUT2D eigenvalue weighted by Crippen LogP contribution is 2.44. The number of nitrogens with two attached hydrogens (primary N) is 1. The standard InChI is InChI=1S/C34H49N3O4/c1-22-30(20-37-28-8-6-5-7-25(28)17-18-29(37)32(39)36-34(2,3)4)40-33(27-15-9-23(19-35)10-16-27)41-31(22)26-13-11-24(21-38)12-14-26/h9-16,22,25,28-31,33,38H,5-8,17-21,35H2,1-4H3,(H,36,39). The van der Waals surface area contributed by atoms with Gasteiger partial charge in [-0.3, -0.25) is 9.69 Å². The van der Waals surface area contributed by atoms with Gasteiger partial charge in [-0.25, -0.2) is 0 Å². The summed E-state index contributed by atoms with van der Waals surface area (Å²) in [6, 6.07) is 16.4. The molecule has 2 aliphatic heterocycles. The third-order valence-electron chi connectivity index (χ3n) is 9.31. The number of carbonyl (C=O) groups is 1. The Labute approximate surface area is 245 Å². The Morgan fingerprint density at radius 1 is 0.951 bits per heavy atom. The van der Waals surface area contributed by atoms with Crippen molar-refractivity contribution in [2.24, 2.45) is 17.6 Å². The minimum Gasteiger partial charge on any atom is -0.392 e. The zero-order valence-corrected chi connectivity index (χ0v) is 25.2. The minimum atomic E-state index is -0.528. The molecule has 7 unspecified atom stereocenters. The van der Waals surface area contributed by atoms with E-state index in [0.717, 1.165) is 41.5 Å². The molecule has 3 aliphatic rings. The molecular formula is C34H49N3O4. The zero-order chi connectivity index (χ0) is 29.1. The topological polar surface area (TPSA) is 97.1 Å². The maximum absolute atomic E-state index is 13.7. The van der Waals surface area contributed by atoms with E-state index in [2.05, 4.69) is 50.0 Å². The number of likely N-dealkylation sites (tertiary alicyclic amines) is 1. The third kappa shape index (κ3) is 7.03. The highest BCUT2D eigenvalue weighted by molar-refractivity contribution is 5.82. The molecule has 0 spiro atoms. The van der Waals surface area contributed by atoms with Gasteiger partial charge in [0.2, 0.25) is 5.91 Å². The van der Waals surface area contributed by atoms with E-state index in [1.54, 1.807) is 0 Å².